The van der Waals surface area contributed by atoms with E-state index in [1.165, 1.54) is 5.56 Å². The number of aryl methyl sites for hydroxylation is 2. The van der Waals surface area contributed by atoms with Gasteiger partial charge in [0.05, 0.1) is 0 Å². The summed E-state index contributed by atoms with van der Waals surface area (Å²) in [5, 5.41) is 10.8. The monoisotopic (exact) mass is 421 g/mol. The van der Waals surface area contributed by atoms with Crippen LogP contribution in [0.15, 0.2) is 41.6 Å². The maximum absolute atomic E-state index is 6.26. The molecule has 4 nitrogen and oxygen atoms in total. The van der Waals surface area contributed by atoms with E-state index in [1.807, 2.05) is 37.3 Å². The normalized spacial score (nSPS) is 11.0. The Morgan fingerprint density at radius 2 is 1.81 bits per heavy atom. The molecule has 0 amide bonds. The Hall–Kier alpha value is -1.69. The molecule has 0 N–H and O–H groups in total. The van der Waals surface area contributed by atoms with Gasteiger partial charge >= 0.3 is 0 Å². The van der Waals surface area contributed by atoms with Gasteiger partial charge in [0.2, 0.25) is 0 Å². The summed E-state index contributed by atoms with van der Waals surface area (Å²) in [7, 11) is 0. The van der Waals surface area contributed by atoms with Crippen molar-refractivity contribution in [1.82, 2.24) is 14.8 Å². The highest BCUT2D eigenvalue weighted by Gasteiger charge is 2.14. The fourth-order valence-electron chi connectivity index (χ4n) is 2.76. The van der Waals surface area contributed by atoms with Crippen molar-refractivity contribution in [2.45, 2.75) is 44.8 Å². The molecule has 27 heavy (non-hydrogen) atoms. The van der Waals surface area contributed by atoms with Crippen molar-refractivity contribution in [2.24, 2.45) is 0 Å². The van der Waals surface area contributed by atoms with Crippen LogP contribution in [0.5, 0.6) is 5.75 Å². The first kappa shape index (κ1) is 20.1. The van der Waals surface area contributed by atoms with Crippen LogP contribution in [0.3, 0.4) is 0 Å². The van der Waals surface area contributed by atoms with E-state index < -0.39 is 0 Å². The average molecular weight is 422 g/mol. The molecule has 142 valence electrons. The lowest BCUT2D eigenvalue weighted by atomic mass is 10.1. The van der Waals surface area contributed by atoms with Gasteiger partial charge in [-0.15, -0.1) is 10.2 Å². The molecule has 1 aromatic heterocycles. The number of benzene rings is 2. The van der Waals surface area contributed by atoms with Crippen LogP contribution in [0.25, 0.3) is 0 Å². The van der Waals surface area contributed by atoms with E-state index >= 15 is 0 Å². The van der Waals surface area contributed by atoms with Gasteiger partial charge in [-0.3, -0.25) is 0 Å². The van der Waals surface area contributed by atoms with Gasteiger partial charge in [0, 0.05) is 22.3 Å². The number of hydrogen-bond donors (Lipinski definition) is 0. The van der Waals surface area contributed by atoms with Gasteiger partial charge < -0.3 is 9.30 Å². The van der Waals surface area contributed by atoms with Crippen molar-refractivity contribution in [2.75, 3.05) is 0 Å². The molecule has 0 fully saturated rings. The summed E-state index contributed by atoms with van der Waals surface area (Å²) in [6.07, 6.45) is 0. The molecule has 0 radical (unpaired) electrons. The number of aromatic nitrogens is 3. The Morgan fingerprint density at radius 3 is 2.48 bits per heavy atom. The summed E-state index contributed by atoms with van der Waals surface area (Å²) in [6, 6.07) is 11.7. The molecule has 1 heterocycles. The van der Waals surface area contributed by atoms with Gasteiger partial charge in [-0.25, -0.2) is 0 Å². The van der Waals surface area contributed by atoms with Crippen molar-refractivity contribution in [3.8, 4) is 5.75 Å². The van der Waals surface area contributed by atoms with Crippen LogP contribution in [0, 0.1) is 13.8 Å². The van der Waals surface area contributed by atoms with Gasteiger partial charge in [-0.05, 0) is 50.1 Å². The Kier molecular flexibility index (Phi) is 6.68. The Morgan fingerprint density at radius 1 is 1.07 bits per heavy atom. The minimum Gasteiger partial charge on any atom is -0.485 e. The molecule has 0 bridgehead atoms. The second-order valence-electron chi connectivity index (χ2n) is 6.19. The number of halogens is 2. The van der Waals surface area contributed by atoms with E-state index in [0.717, 1.165) is 34.4 Å². The highest BCUT2D eigenvalue weighted by molar-refractivity contribution is 7.98. The number of ether oxygens (including phenoxy) is 1. The number of rotatable bonds is 7. The molecule has 0 saturated heterocycles. The third-order valence-electron chi connectivity index (χ3n) is 4.20. The SMILES string of the molecule is CCn1c(COc2ccc(C)cc2C)nnc1SCc1c(Cl)cccc1Cl. The lowest BCUT2D eigenvalue weighted by Gasteiger charge is -2.11. The van der Waals surface area contributed by atoms with Crippen LogP contribution in [0.4, 0.5) is 0 Å². The fraction of sp³-hybridized carbons (Fsp3) is 0.300. The van der Waals surface area contributed by atoms with E-state index in [-0.39, 0.29) is 0 Å². The van der Waals surface area contributed by atoms with E-state index in [4.69, 9.17) is 27.9 Å². The summed E-state index contributed by atoms with van der Waals surface area (Å²) >= 11 is 14.1. The molecule has 0 unspecified atom stereocenters. The van der Waals surface area contributed by atoms with Crippen molar-refractivity contribution < 1.29 is 4.74 Å². The number of nitrogens with zero attached hydrogens (tertiary/aromatic N) is 3. The third kappa shape index (κ3) is 4.78. The Labute approximate surface area is 173 Å². The minimum atomic E-state index is 0.373. The minimum absolute atomic E-state index is 0.373. The predicted octanol–water partition coefficient (Wildman–Crippen LogP) is 6.09. The molecule has 0 aliphatic heterocycles. The van der Waals surface area contributed by atoms with Gasteiger partial charge in [0.15, 0.2) is 11.0 Å². The molecule has 0 atom stereocenters. The van der Waals surface area contributed by atoms with Gasteiger partial charge in [0.25, 0.3) is 0 Å². The molecule has 0 saturated carbocycles. The zero-order valence-electron chi connectivity index (χ0n) is 15.5. The first-order valence-electron chi connectivity index (χ1n) is 8.67. The predicted molar refractivity (Wildman–Crippen MR) is 112 cm³/mol. The number of thioether (sulfide) groups is 1. The summed E-state index contributed by atoms with van der Waals surface area (Å²) in [6.45, 7) is 7.31. The zero-order chi connectivity index (χ0) is 19.4. The van der Waals surface area contributed by atoms with E-state index in [2.05, 4.69) is 34.7 Å². The summed E-state index contributed by atoms with van der Waals surface area (Å²) in [5.41, 5.74) is 3.23. The molecular formula is C20H21Cl2N3OS. The van der Waals surface area contributed by atoms with Crippen LogP contribution in [-0.4, -0.2) is 14.8 Å². The van der Waals surface area contributed by atoms with Crippen molar-refractivity contribution >= 4 is 35.0 Å². The zero-order valence-corrected chi connectivity index (χ0v) is 17.8. The maximum atomic E-state index is 6.26. The van der Waals surface area contributed by atoms with Crippen molar-refractivity contribution in [1.29, 1.82) is 0 Å². The molecule has 0 aliphatic carbocycles. The fourth-order valence-corrected chi connectivity index (χ4v) is 4.52. The first-order valence-corrected chi connectivity index (χ1v) is 10.4. The third-order valence-corrected chi connectivity index (χ3v) is 5.91. The maximum Gasteiger partial charge on any atom is 0.191 e. The van der Waals surface area contributed by atoms with Crippen molar-refractivity contribution in [3.63, 3.8) is 0 Å². The van der Waals surface area contributed by atoms with Crippen LogP contribution >= 0.6 is 35.0 Å². The summed E-state index contributed by atoms with van der Waals surface area (Å²) < 4.78 is 8.01. The van der Waals surface area contributed by atoms with E-state index in [9.17, 15) is 0 Å². The molecule has 7 heteroatoms. The second kappa shape index (κ2) is 9.00. The highest BCUT2D eigenvalue weighted by atomic mass is 35.5. The lowest BCUT2D eigenvalue weighted by Crippen LogP contribution is -2.07. The first-order chi connectivity index (χ1) is 13.0. The van der Waals surface area contributed by atoms with Gasteiger partial charge in [-0.1, -0.05) is 58.7 Å². The highest BCUT2D eigenvalue weighted by Crippen LogP contribution is 2.31. The van der Waals surface area contributed by atoms with Gasteiger partial charge in [-0.2, -0.15) is 0 Å². The standard InChI is InChI=1S/C20H21Cl2N3OS/c1-4-25-19(11-26-18-9-8-13(2)10-14(18)3)23-24-20(25)27-12-15-16(21)6-5-7-17(15)22/h5-10H,4,11-12H2,1-3H3. The molecule has 2 aromatic carbocycles. The Balaban J connectivity index is 1.71. The topological polar surface area (TPSA) is 39.9 Å². The molecule has 0 spiro atoms. The summed E-state index contributed by atoms with van der Waals surface area (Å²) in [4.78, 5) is 0. The average Bonchev–Trinajstić information content (AvgIpc) is 3.02. The summed E-state index contributed by atoms with van der Waals surface area (Å²) in [5.74, 6) is 2.29. The quantitative estimate of drug-likeness (QED) is 0.432. The molecule has 3 aromatic rings. The molecule has 3 rings (SSSR count). The van der Waals surface area contributed by atoms with Crippen LogP contribution in [0.1, 0.15) is 29.4 Å². The van der Waals surface area contributed by atoms with E-state index in [1.54, 1.807) is 11.8 Å². The Bertz CT molecular complexity index is 923. The van der Waals surface area contributed by atoms with Crippen LogP contribution in [-0.2, 0) is 18.9 Å². The van der Waals surface area contributed by atoms with E-state index in [0.29, 0.717) is 22.4 Å². The lowest BCUT2D eigenvalue weighted by molar-refractivity contribution is 0.286. The molecular weight excluding hydrogens is 401 g/mol. The van der Waals surface area contributed by atoms with Crippen LogP contribution < -0.4 is 4.74 Å². The van der Waals surface area contributed by atoms with Crippen LogP contribution in [0.2, 0.25) is 10.0 Å². The van der Waals surface area contributed by atoms with Crippen molar-refractivity contribution in [3.05, 3.63) is 69.0 Å². The molecule has 0 aliphatic rings. The largest absolute Gasteiger partial charge is 0.485 e. The van der Waals surface area contributed by atoms with Gasteiger partial charge in [0.1, 0.15) is 12.4 Å². The number of hydrogen-bond acceptors (Lipinski definition) is 4. The second-order valence-corrected chi connectivity index (χ2v) is 7.95. The smallest absolute Gasteiger partial charge is 0.191 e.